The zero-order valence-corrected chi connectivity index (χ0v) is 11.8. The zero-order chi connectivity index (χ0) is 15.2. The number of aliphatic hydroxyl groups excluding tert-OH is 1. The van der Waals surface area contributed by atoms with Crippen LogP contribution >= 0.6 is 0 Å². The third-order valence-electron chi connectivity index (χ3n) is 3.77. The summed E-state index contributed by atoms with van der Waals surface area (Å²) in [5, 5.41) is 11.2. The van der Waals surface area contributed by atoms with Crippen LogP contribution in [-0.4, -0.2) is 41.7 Å². The van der Waals surface area contributed by atoms with Crippen LogP contribution in [0.3, 0.4) is 0 Å². The highest BCUT2D eigenvalue weighted by Crippen LogP contribution is 2.22. The van der Waals surface area contributed by atoms with Gasteiger partial charge in [-0.25, -0.2) is 8.78 Å². The number of nitrogens with one attached hydrogen (secondary N) is 1. The highest BCUT2D eigenvalue weighted by molar-refractivity contribution is 5.92. The molecule has 1 saturated heterocycles. The van der Waals surface area contributed by atoms with Crippen molar-refractivity contribution in [3.63, 3.8) is 0 Å². The van der Waals surface area contributed by atoms with Gasteiger partial charge < -0.3 is 10.4 Å². The molecule has 0 saturated carbocycles. The summed E-state index contributed by atoms with van der Waals surface area (Å²) in [5.41, 5.74) is -0.395. The number of hydrogen-bond donors (Lipinski definition) is 2. The Morgan fingerprint density at radius 2 is 2.10 bits per heavy atom. The SMILES string of the molecule is O=C(CN1CCCC1CCCO)Nc1c(F)cccc1F. The predicted octanol–water partition coefficient (Wildman–Crippen LogP) is 2.14. The van der Waals surface area contributed by atoms with Gasteiger partial charge in [0.2, 0.25) is 5.91 Å². The van der Waals surface area contributed by atoms with Crippen LogP contribution in [-0.2, 0) is 4.79 Å². The summed E-state index contributed by atoms with van der Waals surface area (Å²) in [6.45, 7) is 1.05. The third kappa shape index (κ3) is 4.22. The Morgan fingerprint density at radius 3 is 2.76 bits per heavy atom. The first-order chi connectivity index (χ1) is 10.1. The molecular formula is C15H20F2N2O2. The first kappa shape index (κ1) is 15.9. The number of para-hydroxylation sites is 1. The number of anilines is 1. The fourth-order valence-corrected chi connectivity index (χ4v) is 2.74. The number of halogens is 2. The summed E-state index contributed by atoms with van der Waals surface area (Å²) in [6, 6.07) is 3.73. The Kier molecular flexibility index (Phi) is 5.64. The largest absolute Gasteiger partial charge is 0.396 e. The van der Waals surface area contributed by atoms with Crippen molar-refractivity contribution in [2.24, 2.45) is 0 Å². The van der Waals surface area contributed by atoms with Gasteiger partial charge in [0.25, 0.3) is 0 Å². The van der Waals surface area contributed by atoms with E-state index >= 15 is 0 Å². The molecule has 1 heterocycles. The molecule has 0 bridgehead atoms. The topological polar surface area (TPSA) is 52.6 Å². The van der Waals surface area contributed by atoms with Crippen LogP contribution < -0.4 is 5.32 Å². The average Bonchev–Trinajstić information content (AvgIpc) is 2.88. The highest BCUT2D eigenvalue weighted by Gasteiger charge is 2.26. The Balaban J connectivity index is 1.92. The lowest BCUT2D eigenvalue weighted by molar-refractivity contribution is -0.117. The van der Waals surface area contributed by atoms with Gasteiger partial charge in [-0.3, -0.25) is 9.69 Å². The molecule has 1 aromatic carbocycles. The van der Waals surface area contributed by atoms with E-state index in [2.05, 4.69) is 5.32 Å². The van der Waals surface area contributed by atoms with E-state index in [-0.39, 0.29) is 19.2 Å². The maximum atomic E-state index is 13.5. The van der Waals surface area contributed by atoms with Gasteiger partial charge in [0.15, 0.2) is 0 Å². The van der Waals surface area contributed by atoms with E-state index in [0.29, 0.717) is 6.42 Å². The van der Waals surface area contributed by atoms with Crippen LogP contribution in [0, 0.1) is 11.6 Å². The molecule has 0 aliphatic carbocycles. The molecule has 116 valence electrons. The molecule has 0 spiro atoms. The summed E-state index contributed by atoms with van der Waals surface area (Å²) in [7, 11) is 0. The lowest BCUT2D eigenvalue weighted by Crippen LogP contribution is -2.37. The van der Waals surface area contributed by atoms with E-state index in [1.807, 2.05) is 4.90 Å². The first-order valence-corrected chi connectivity index (χ1v) is 7.20. The van der Waals surface area contributed by atoms with Crippen molar-refractivity contribution >= 4 is 11.6 Å². The van der Waals surface area contributed by atoms with E-state index in [9.17, 15) is 13.6 Å². The first-order valence-electron chi connectivity index (χ1n) is 7.20. The Hall–Kier alpha value is -1.53. The molecule has 6 heteroatoms. The second-order valence-electron chi connectivity index (χ2n) is 5.28. The molecule has 1 atom stereocenters. The third-order valence-corrected chi connectivity index (χ3v) is 3.77. The zero-order valence-electron chi connectivity index (χ0n) is 11.8. The standard InChI is InChI=1S/C15H20F2N2O2/c16-12-6-1-7-13(17)15(12)18-14(21)10-19-8-2-4-11(19)5-3-9-20/h1,6-7,11,20H,2-5,8-10H2,(H,18,21). The van der Waals surface area contributed by atoms with Crippen molar-refractivity contribution in [3.05, 3.63) is 29.8 Å². The van der Waals surface area contributed by atoms with Crippen LogP contribution in [0.4, 0.5) is 14.5 Å². The van der Waals surface area contributed by atoms with Gasteiger partial charge in [-0.05, 0) is 44.4 Å². The molecule has 1 fully saturated rings. The molecule has 0 aromatic heterocycles. The van der Waals surface area contributed by atoms with E-state index in [0.717, 1.165) is 37.9 Å². The van der Waals surface area contributed by atoms with Crippen LogP contribution in [0.25, 0.3) is 0 Å². The molecular weight excluding hydrogens is 278 g/mol. The van der Waals surface area contributed by atoms with Crippen molar-refractivity contribution in [1.29, 1.82) is 0 Å². The molecule has 21 heavy (non-hydrogen) atoms. The van der Waals surface area contributed by atoms with Gasteiger partial charge in [-0.2, -0.15) is 0 Å². The van der Waals surface area contributed by atoms with Crippen LogP contribution in [0.2, 0.25) is 0 Å². The molecule has 1 unspecified atom stereocenters. The van der Waals surface area contributed by atoms with Gasteiger partial charge in [-0.15, -0.1) is 0 Å². The van der Waals surface area contributed by atoms with Crippen molar-refractivity contribution in [2.45, 2.75) is 31.7 Å². The number of nitrogens with zero attached hydrogens (tertiary/aromatic N) is 1. The maximum absolute atomic E-state index is 13.5. The lowest BCUT2D eigenvalue weighted by Gasteiger charge is -2.23. The molecule has 1 aromatic rings. The monoisotopic (exact) mass is 298 g/mol. The fourth-order valence-electron chi connectivity index (χ4n) is 2.74. The summed E-state index contributed by atoms with van der Waals surface area (Å²) >= 11 is 0. The number of likely N-dealkylation sites (tertiary alicyclic amines) is 1. The highest BCUT2D eigenvalue weighted by atomic mass is 19.1. The van der Waals surface area contributed by atoms with Crippen LogP contribution in [0.5, 0.6) is 0 Å². The Bertz CT molecular complexity index is 476. The van der Waals surface area contributed by atoms with E-state index in [4.69, 9.17) is 5.11 Å². The molecule has 2 rings (SSSR count). The summed E-state index contributed by atoms with van der Waals surface area (Å²) in [4.78, 5) is 14.0. The smallest absolute Gasteiger partial charge is 0.238 e. The maximum Gasteiger partial charge on any atom is 0.238 e. The number of carbonyl (C=O) groups excluding carboxylic acids is 1. The number of rotatable bonds is 6. The Labute approximate surface area is 122 Å². The van der Waals surface area contributed by atoms with Gasteiger partial charge in [0.1, 0.15) is 17.3 Å². The van der Waals surface area contributed by atoms with Crippen molar-refractivity contribution in [3.8, 4) is 0 Å². The van der Waals surface area contributed by atoms with E-state index in [1.54, 1.807) is 0 Å². The number of aliphatic hydroxyl groups is 1. The minimum atomic E-state index is -0.776. The minimum Gasteiger partial charge on any atom is -0.396 e. The van der Waals surface area contributed by atoms with Gasteiger partial charge in [0.05, 0.1) is 6.54 Å². The summed E-state index contributed by atoms with van der Waals surface area (Å²) in [6.07, 6.45) is 3.52. The van der Waals surface area contributed by atoms with E-state index < -0.39 is 23.2 Å². The molecule has 0 radical (unpaired) electrons. The van der Waals surface area contributed by atoms with Crippen LogP contribution in [0.15, 0.2) is 18.2 Å². The normalized spacial score (nSPS) is 18.9. The van der Waals surface area contributed by atoms with Gasteiger partial charge in [-0.1, -0.05) is 6.07 Å². The molecule has 4 nitrogen and oxygen atoms in total. The average molecular weight is 298 g/mol. The molecule has 1 aliphatic rings. The number of benzene rings is 1. The second kappa shape index (κ2) is 7.47. The molecule has 2 N–H and O–H groups in total. The minimum absolute atomic E-state index is 0.115. The van der Waals surface area contributed by atoms with E-state index in [1.165, 1.54) is 6.07 Å². The number of carbonyl (C=O) groups is 1. The number of amides is 1. The summed E-state index contributed by atoms with van der Waals surface area (Å²) < 4.78 is 26.9. The summed E-state index contributed by atoms with van der Waals surface area (Å²) in [5.74, 6) is -1.97. The molecule has 1 aliphatic heterocycles. The number of hydrogen-bond acceptors (Lipinski definition) is 3. The van der Waals surface area contributed by atoms with Crippen LogP contribution in [0.1, 0.15) is 25.7 Å². The second-order valence-corrected chi connectivity index (χ2v) is 5.28. The Morgan fingerprint density at radius 1 is 1.38 bits per heavy atom. The molecule has 1 amide bonds. The predicted molar refractivity (Wildman–Crippen MR) is 75.9 cm³/mol. The fraction of sp³-hybridized carbons (Fsp3) is 0.533. The van der Waals surface area contributed by atoms with Crippen molar-refractivity contribution in [1.82, 2.24) is 4.90 Å². The van der Waals surface area contributed by atoms with Gasteiger partial charge in [0, 0.05) is 12.6 Å². The van der Waals surface area contributed by atoms with Crippen molar-refractivity contribution < 1.29 is 18.7 Å². The van der Waals surface area contributed by atoms with Gasteiger partial charge >= 0.3 is 0 Å². The lowest BCUT2D eigenvalue weighted by atomic mass is 10.1. The van der Waals surface area contributed by atoms with Crippen molar-refractivity contribution in [2.75, 3.05) is 25.0 Å². The quantitative estimate of drug-likeness (QED) is 0.846.